The fourth-order valence-electron chi connectivity index (χ4n) is 1.77. The number of hydrogen-bond acceptors (Lipinski definition) is 4. The molecule has 1 saturated carbocycles. The summed E-state index contributed by atoms with van der Waals surface area (Å²) in [6.07, 6.45) is 3.76. The lowest BCUT2D eigenvalue weighted by Gasteiger charge is -2.18. The molecule has 0 atom stereocenters. The van der Waals surface area contributed by atoms with Crippen LogP contribution in [-0.2, 0) is 10.0 Å². The maximum Gasteiger partial charge on any atom is 0.244 e. The highest BCUT2D eigenvalue weighted by Crippen LogP contribution is 2.24. The van der Waals surface area contributed by atoms with Gasteiger partial charge in [-0.3, -0.25) is 0 Å². The Morgan fingerprint density at radius 1 is 1.33 bits per heavy atom. The molecule has 18 heavy (non-hydrogen) atoms. The van der Waals surface area contributed by atoms with Crippen LogP contribution in [0.1, 0.15) is 26.7 Å². The van der Waals surface area contributed by atoms with Crippen molar-refractivity contribution < 1.29 is 8.42 Å². The van der Waals surface area contributed by atoms with E-state index in [1.54, 1.807) is 12.1 Å². The average molecular weight is 269 g/mol. The number of anilines is 1. The van der Waals surface area contributed by atoms with Crippen LogP contribution in [-0.4, -0.2) is 36.8 Å². The van der Waals surface area contributed by atoms with E-state index in [0.717, 1.165) is 5.82 Å². The zero-order chi connectivity index (χ0) is 13.2. The second kappa shape index (κ2) is 5.24. The SMILES string of the molecule is CCN(CC)S(=O)(=O)c1ccc(NC2CC2)nc1. The Labute approximate surface area is 108 Å². The van der Waals surface area contributed by atoms with Crippen LogP contribution in [0.15, 0.2) is 23.2 Å². The zero-order valence-electron chi connectivity index (χ0n) is 10.8. The van der Waals surface area contributed by atoms with Crippen LogP contribution in [0.2, 0.25) is 0 Å². The summed E-state index contributed by atoms with van der Waals surface area (Å²) < 4.78 is 25.8. The smallest absolute Gasteiger partial charge is 0.244 e. The summed E-state index contributed by atoms with van der Waals surface area (Å²) in [5.74, 6) is 0.746. The summed E-state index contributed by atoms with van der Waals surface area (Å²) in [6.45, 7) is 4.61. The van der Waals surface area contributed by atoms with Crippen molar-refractivity contribution in [3.05, 3.63) is 18.3 Å². The molecule has 100 valence electrons. The first kappa shape index (κ1) is 13.3. The van der Waals surface area contributed by atoms with Gasteiger partial charge in [-0.1, -0.05) is 13.8 Å². The predicted octanol–water partition coefficient (Wildman–Crippen LogP) is 1.69. The van der Waals surface area contributed by atoms with E-state index in [4.69, 9.17) is 0 Å². The molecule has 0 unspecified atom stereocenters. The minimum Gasteiger partial charge on any atom is -0.367 e. The molecule has 5 nitrogen and oxygen atoms in total. The van der Waals surface area contributed by atoms with E-state index < -0.39 is 10.0 Å². The summed E-state index contributed by atoms with van der Waals surface area (Å²) in [5, 5.41) is 3.23. The quantitative estimate of drug-likeness (QED) is 0.853. The van der Waals surface area contributed by atoms with Gasteiger partial charge in [-0.05, 0) is 25.0 Å². The lowest BCUT2D eigenvalue weighted by atomic mass is 10.4. The van der Waals surface area contributed by atoms with E-state index in [0.29, 0.717) is 19.1 Å². The van der Waals surface area contributed by atoms with E-state index in [1.807, 2.05) is 13.8 Å². The topological polar surface area (TPSA) is 62.3 Å². The van der Waals surface area contributed by atoms with E-state index in [2.05, 4.69) is 10.3 Å². The molecule has 0 aromatic carbocycles. The van der Waals surface area contributed by atoms with Crippen molar-refractivity contribution in [1.29, 1.82) is 0 Å². The predicted molar refractivity (Wildman–Crippen MR) is 71.0 cm³/mol. The zero-order valence-corrected chi connectivity index (χ0v) is 11.6. The minimum absolute atomic E-state index is 0.257. The Balaban J connectivity index is 2.16. The van der Waals surface area contributed by atoms with Gasteiger partial charge >= 0.3 is 0 Å². The molecule has 1 N–H and O–H groups in total. The van der Waals surface area contributed by atoms with Gasteiger partial charge < -0.3 is 5.32 Å². The Hall–Kier alpha value is -1.14. The summed E-state index contributed by atoms with van der Waals surface area (Å²) >= 11 is 0. The molecule has 1 fully saturated rings. The van der Waals surface area contributed by atoms with Gasteiger partial charge in [0.25, 0.3) is 0 Å². The normalized spacial score (nSPS) is 15.9. The van der Waals surface area contributed by atoms with Crippen molar-refractivity contribution in [2.24, 2.45) is 0 Å². The molecule has 0 amide bonds. The minimum atomic E-state index is -3.39. The monoisotopic (exact) mass is 269 g/mol. The Bertz CT molecular complexity index is 491. The molecule has 1 aliphatic rings. The summed E-state index contributed by atoms with van der Waals surface area (Å²) in [5.41, 5.74) is 0. The largest absolute Gasteiger partial charge is 0.367 e. The van der Waals surface area contributed by atoms with Gasteiger partial charge in [-0.25, -0.2) is 13.4 Å². The lowest BCUT2D eigenvalue weighted by molar-refractivity contribution is 0.445. The van der Waals surface area contributed by atoms with Gasteiger partial charge in [-0.2, -0.15) is 4.31 Å². The van der Waals surface area contributed by atoms with Crippen LogP contribution in [0.25, 0.3) is 0 Å². The maximum atomic E-state index is 12.2. The third-order valence-electron chi connectivity index (χ3n) is 3.01. The first-order chi connectivity index (χ1) is 8.57. The summed E-state index contributed by atoms with van der Waals surface area (Å²) in [4.78, 5) is 4.42. The molecule has 0 aliphatic heterocycles. The van der Waals surface area contributed by atoms with Crippen LogP contribution in [0, 0.1) is 0 Å². The molecular weight excluding hydrogens is 250 g/mol. The highest BCUT2D eigenvalue weighted by Gasteiger charge is 2.23. The van der Waals surface area contributed by atoms with Gasteiger partial charge in [0.15, 0.2) is 0 Å². The van der Waals surface area contributed by atoms with Crippen LogP contribution < -0.4 is 5.32 Å². The molecule has 1 aromatic rings. The second-order valence-electron chi connectivity index (χ2n) is 4.39. The van der Waals surface area contributed by atoms with Crippen LogP contribution in [0.3, 0.4) is 0 Å². The molecule has 6 heteroatoms. The van der Waals surface area contributed by atoms with E-state index in [1.165, 1.54) is 23.3 Å². The number of aromatic nitrogens is 1. The third-order valence-corrected chi connectivity index (χ3v) is 5.04. The molecule has 0 radical (unpaired) electrons. The van der Waals surface area contributed by atoms with E-state index in [9.17, 15) is 8.42 Å². The third kappa shape index (κ3) is 2.81. The number of rotatable bonds is 6. The number of nitrogens with zero attached hydrogens (tertiary/aromatic N) is 2. The fraction of sp³-hybridized carbons (Fsp3) is 0.583. The van der Waals surface area contributed by atoms with Crippen LogP contribution in [0.5, 0.6) is 0 Å². The Kier molecular flexibility index (Phi) is 3.87. The molecule has 0 saturated heterocycles. The van der Waals surface area contributed by atoms with E-state index >= 15 is 0 Å². The average Bonchev–Trinajstić information content (AvgIpc) is 3.15. The van der Waals surface area contributed by atoms with Crippen molar-refractivity contribution in [3.63, 3.8) is 0 Å². The van der Waals surface area contributed by atoms with Crippen LogP contribution >= 0.6 is 0 Å². The molecule has 0 spiro atoms. The van der Waals surface area contributed by atoms with Gasteiger partial charge in [0.1, 0.15) is 10.7 Å². The lowest BCUT2D eigenvalue weighted by Crippen LogP contribution is -2.30. The Morgan fingerprint density at radius 3 is 2.44 bits per heavy atom. The highest BCUT2D eigenvalue weighted by molar-refractivity contribution is 7.89. The van der Waals surface area contributed by atoms with Crippen molar-refractivity contribution in [1.82, 2.24) is 9.29 Å². The first-order valence-corrected chi connectivity index (χ1v) is 7.74. The van der Waals surface area contributed by atoms with Gasteiger partial charge in [0.2, 0.25) is 10.0 Å². The number of pyridine rings is 1. The van der Waals surface area contributed by atoms with Crippen molar-refractivity contribution in [2.75, 3.05) is 18.4 Å². The number of hydrogen-bond donors (Lipinski definition) is 1. The van der Waals surface area contributed by atoms with Crippen molar-refractivity contribution >= 4 is 15.8 Å². The van der Waals surface area contributed by atoms with Gasteiger partial charge in [0, 0.05) is 25.3 Å². The first-order valence-electron chi connectivity index (χ1n) is 6.30. The highest BCUT2D eigenvalue weighted by atomic mass is 32.2. The Morgan fingerprint density at radius 2 is 2.00 bits per heavy atom. The van der Waals surface area contributed by atoms with Crippen molar-refractivity contribution in [2.45, 2.75) is 37.6 Å². The molecule has 1 heterocycles. The molecular formula is C12H19N3O2S. The second-order valence-corrected chi connectivity index (χ2v) is 6.33. The van der Waals surface area contributed by atoms with E-state index in [-0.39, 0.29) is 4.90 Å². The number of sulfonamides is 1. The summed E-state index contributed by atoms with van der Waals surface area (Å²) in [6, 6.07) is 3.86. The molecule has 2 rings (SSSR count). The van der Waals surface area contributed by atoms with Crippen molar-refractivity contribution in [3.8, 4) is 0 Å². The molecule has 0 bridgehead atoms. The van der Waals surface area contributed by atoms with Crippen LogP contribution in [0.4, 0.5) is 5.82 Å². The summed E-state index contributed by atoms with van der Waals surface area (Å²) in [7, 11) is -3.39. The van der Waals surface area contributed by atoms with Gasteiger partial charge in [-0.15, -0.1) is 0 Å². The number of nitrogens with one attached hydrogen (secondary N) is 1. The standard InChI is InChI=1S/C12H19N3O2S/c1-3-15(4-2)18(16,17)11-7-8-12(13-9-11)14-10-5-6-10/h7-10H,3-6H2,1-2H3,(H,13,14). The maximum absolute atomic E-state index is 12.2. The molecule has 1 aromatic heterocycles. The van der Waals surface area contributed by atoms with Gasteiger partial charge in [0.05, 0.1) is 0 Å². The fourth-order valence-corrected chi connectivity index (χ4v) is 3.17. The molecule has 1 aliphatic carbocycles.